The van der Waals surface area contributed by atoms with Gasteiger partial charge in [0, 0.05) is 12.1 Å². The minimum absolute atomic E-state index is 0.0497. The van der Waals surface area contributed by atoms with Gasteiger partial charge >= 0.3 is 0 Å². The van der Waals surface area contributed by atoms with Crippen LogP contribution in [0.4, 0.5) is 5.69 Å². The van der Waals surface area contributed by atoms with Crippen LogP contribution in [0.25, 0.3) is 0 Å². The van der Waals surface area contributed by atoms with E-state index in [1.165, 1.54) is 5.56 Å². The molecule has 3 aromatic rings. The van der Waals surface area contributed by atoms with E-state index in [9.17, 15) is 9.59 Å². The molecule has 0 spiro atoms. The molecule has 1 N–H and O–H groups in total. The maximum atomic E-state index is 12.6. The second kappa shape index (κ2) is 9.77. The summed E-state index contributed by atoms with van der Waals surface area (Å²) in [7, 11) is 0. The number of carbonyl (C=O) groups excluding carboxylic acids is 2. The monoisotopic (exact) mass is 470 g/mol. The third kappa shape index (κ3) is 5.06. The van der Waals surface area contributed by atoms with Gasteiger partial charge in [-0.3, -0.25) is 9.59 Å². The van der Waals surface area contributed by atoms with Crippen LogP contribution in [0.5, 0.6) is 0 Å². The van der Waals surface area contributed by atoms with E-state index in [0.717, 1.165) is 12.0 Å². The number of hydrogen-bond acceptors (Lipinski definition) is 3. The number of thioether (sulfide) groups is 1. The Morgan fingerprint density at radius 1 is 0.968 bits per heavy atom. The fourth-order valence-electron chi connectivity index (χ4n) is 3.47. The van der Waals surface area contributed by atoms with Crippen molar-refractivity contribution >= 4 is 52.5 Å². The molecule has 0 aromatic heterocycles. The molecule has 0 saturated carbocycles. The van der Waals surface area contributed by atoms with E-state index in [4.69, 9.17) is 23.2 Å². The molecule has 1 aliphatic rings. The first-order valence-electron chi connectivity index (χ1n) is 9.83. The number of amides is 2. The van der Waals surface area contributed by atoms with Crippen molar-refractivity contribution in [2.45, 2.75) is 11.8 Å². The zero-order chi connectivity index (χ0) is 21.8. The van der Waals surface area contributed by atoms with Crippen LogP contribution in [0.2, 0.25) is 10.0 Å². The molecule has 0 aliphatic carbocycles. The van der Waals surface area contributed by atoms with Crippen molar-refractivity contribution in [2.75, 3.05) is 17.6 Å². The molecule has 4 rings (SSSR count). The minimum atomic E-state index is -0.294. The van der Waals surface area contributed by atoms with E-state index in [2.05, 4.69) is 17.4 Å². The highest BCUT2D eigenvalue weighted by Gasteiger charge is 2.32. The maximum Gasteiger partial charge on any atom is 0.255 e. The molecule has 2 amide bonds. The van der Waals surface area contributed by atoms with Crippen molar-refractivity contribution in [1.82, 2.24) is 4.90 Å². The van der Waals surface area contributed by atoms with E-state index in [-0.39, 0.29) is 17.2 Å². The molecule has 158 valence electrons. The lowest BCUT2D eigenvalue weighted by atomic mass is 10.1. The van der Waals surface area contributed by atoms with Crippen LogP contribution >= 0.6 is 35.0 Å². The Morgan fingerprint density at radius 3 is 2.32 bits per heavy atom. The molecule has 3 aromatic carbocycles. The first kappa shape index (κ1) is 21.8. The van der Waals surface area contributed by atoms with Gasteiger partial charge in [-0.05, 0) is 41.8 Å². The molecule has 1 saturated heterocycles. The van der Waals surface area contributed by atoms with Gasteiger partial charge in [0.2, 0.25) is 5.91 Å². The SMILES string of the molecule is O=C(Nc1c(Cl)cccc1Cl)c1ccc([C@@H]2SCC(=O)N2CCc2ccccc2)cc1. The summed E-state index contributed by atoms with van der Waals surface area (Å²) in [4.78, 5) is 27.0. The molecule has 0 bridgehead atoms. The largest absolute Gasteiger partial charge is 0.326 e. The quantitative estimate of drug-likeness (QED) is 0.475. The van der Waals surface area contributed by atoms with Crippen LogP contribution in [-0.2, 0) is 11.2 Å². The van der Waals surface area contributed by atoms with Gasteiger partial charge in [-0.1, -0.05) is 71.7 Å². The number of halogens is 2. The summed E-state index contributed by atoms with van der Waals surface area (Å²) in [5.41, 5.74) is 3.08. The smallest absolute Gasteiger partial charge is 0.255 e. The third-order valence-corrected chi connectivity index (χ3v) is 7.00. The zero-order valence-corrected chi connectivity index (χ0v) is 18.9. The Morgan fingerprint density at radius 2 is 1.65 bits per heavy atom. The van der Waals surface area contributed by atoms with Crippen molar-refractivity contribution in [3.05, 3.63) is 99.5 Å². The summed E-state index contributed by atoms with van der Waals surface area (Å²) in [5, 5.41) is 3.48. The Kier molecular flexibility index (Phi) is 6.86. The van der Waals surface area contributed by atoms with E-state index < -0.39 is 0 Å². The molecule has 0 radical (unpaired) electrons. The zero-order valence-electron chi connectivity index (χ0n) is 16.6. The molecule has 7 heteroatoms. The molecular weight excluding hydrogens is 451 g/mol. The lowest BCUT2D eigenvalue weighted by molar-refractivity contribution is -0.128. The topological polar surface area (TPSA) is 49.4 Å². The Bertz CT molecular complexity index is 1070. The normalized spacial score (nSPS) is 15.9. The van der Waals surface area contributed by atoms with Gasteiger partial charge in [-0.15, -0.1) is 11.8 Å². The molecule has 1 heterocycles. The van der Waals surface area contributed by atoms with Crippen molar-refractivity contribution in [1.29, 1.82) is 0 Å². The van der Waals surface area contributed by atoms with Crippen LogP contribution in [0.1, 0.15) is 26.9 Å². The standard InChI is InChI=1S/C24H20Cl2N2O2S/c25-19-7-4-8-20(26)22(19)27-23(30)17-9-11-18(12-10-17)24-28(21(29)15-31-24)14-13-16-5-2-1-3-6-16/h1-12,24H,13-15H2,(H,27,30)/t24-/m0/s1. The summed E-state index contributed by atoms with van der Waals surface area (Å²) >= 11 is 13.9. The number of benzene rings is 3. The first-order valence-corrected chi connectivity index (χ1v) is 11.6. The van der Waals surface area contributed by atoms with Crippen molar-refractivity contribution in [3.63, 3.8) is 0 Å². The summed E-state index contributed by atoms with van der Waals surface area (Å²) in [6.45, 7) is 0.660. The van der Waals surface area contributed by atoms with Gasteiger partial charge < -0.3 is 10.2 Å². The van der Waals surface area contributed by atoms with Gasteiger partial charge in [0.15, 0.2) is 0 Å². The molecule has 1 atom stereocenters. The van der Waals surface area contributed by atoms with Gasteiger partial charge in [0.1, 0.15) is 5.37 Å². The van der Waals surface area contributed by atoms with E-state index in [0.29, 0.717) is 33.6 Å². The number of carbonyl (C=O) groups is 2. The van der Waals surface area contributed by atoms with Crippen molar-refractivity contribution in [3.8, 4) is 0 Å². The third-order valence-electron chi connectivity index (χ3n) is 5.11. The van der Waals surface area contributed by atoms with Gasteiger partial charge in [-0.25, -0.2) is 0 Å². The molecule has 4 nitrogen and oxygen atoms in total. The number of nitrogens with zero attached hydrogens (tertiary/aromatic N) is 1. The van der Waals surface area contributed by atoms with Gasteiger partial charge in [0.25, 0.3) is 5.91 Å². The van der Waals surface area contributed by atoms with Gasteiger partial charge in [0.05, 0.1) is 21.5 Å². The lowest BCUT2D eigenvalue weighted by Gasteiger charge is -2.24. The fraction of sp³-hybridized carbons (Fsp3) is 0.167. The second-order valence-electron chi connectivity index (χ2n) is 7.16. The summed E-state index contributed by atoms with van der Waals surface area (Å²) in [5.74, 6) is 0.311. The lowest BCUT2D eigenvalue weighted by Crippen LogP contribution is -2.30. The van der Waals surface area contributed by atoms with Crippen LogP contribution in [0.3, 0.4) is 0 Å². The molecule has 1 fully saturated rings. The fourth-order valence-corrected chi connectivity index (χ4v) is 5.18. The average Bonchev–Trinajstić information content (AvgIpc) is 3.16. The van der Waals surface area contributed by atoms with Crippen molar-refractivity contribution in [2.24, 2.45) is 0 Å². The highest BCUT2D eigenvalue weighted by Crippen LogP contribution is 2.38. The molecule has 1 aliphatic heterocycles. The first-order chi connectivity index (χ1) is 15.0. The molecule has 0 unspecified atom stereocenters. The van der Waals surface area contributed by atoms with E-state index in [1.807, 2.05) is 35.2 Å². The van der Waals surface area contributed by atoms with Crippen molar-refractivity contribution < 1.29 is 9.59 Å². The van der Waals surface area contributed by atoms with Crippen LogP contribution < -0.4 is 5.32 Å². The predicted molar refractivity (Wildman–Crippen MR) is 128 cm³/mol. The summed E-state index contributed by atoms with van der Waals surface area (Å²) in [6.07, 6.45) is 0.808. The van der Waals surface area contributed by atoms with Crippen LogP contribution in [0, 0.1) is 0 Å². The Balaban J connectivity index is 1.45. The van der Waals surface area contributed by atoms with Crippen LogP contribution in [0.15, 0.2) is 72.8 Å². The molecular formula is C24H20Cl2N2O2S. The minimum Gasteiger partial charge on any atom is -0.326 e. The van der Waals surface area contributed by atoms with Crippen LogP contribution in [-0.4, -0.2) is 29.0 Å². The van der Waals surface area contributed by atoms with E-state index in [1.54, 1.807) is 42.1 Å². The summed E-state index contributed by atoms with van der Waals surface area (Å²) < 4.78 is 0. The predicted octanol–water partition coefficient (Wildman–Crippen LogP) is 6.06. The number of rotatable bonds is 6. The highest BCUT2D eigenvalue weighted by molar-refractivity contribution is 8.00. The molecule has 31 heavy (non-hydrogen) atoms. The number of nitrogens with one attached hydrogen (secondary N) is 1. The Hall–Kier alpha value is -2.47. The highest BCUT2D eigenvalue weighted by atomic mass is 35.5. The average molecular weight is 471 g/mol. The Labute approximate surface area is 195 Å². The van der Waals surface area contributed by atoms with Gasteiger partial charge in [-0.2, -0.15) is 0 Å². The van der Waals surface area contributed by atoms with E-state index >= 15 is 0 Å². The number of para-hydroxylation sites is 1. The maximum absolute atomic E-state index is 12.6. The number of hydrogen-bond donors (Lipinski definition) is 1. The summed E-state index contributed by atoms with van der Waals surface area (Å²) in [6, 6.07) is 22.5. The second-order valence-corrected chi connectivity index (χ2v) is 9.04. The number of anilines is 1.